The number of anilines is 1. The number of primary amides is 1. The van der Waals surface area contributed by atoms with Crippen LogP contribution in [0.25, 0.3) is 0 Å². The monoisotopic (exact) mass is 248 g/mol. The van der Waals surface area contributed by atoms with Crippen molar-refractivity contribution in [3.8, 4) is 0 Å². The lowest BCUT2D eigenvalue weighted by Gasteiger charge is -2.21. The van der Waals surface area contributed by atoms with Crippen LogP contribution in [0.1, 0.15) is 35.2 Å². The number of hydrogen-bond acceptors (Lipinski definition) is 4. The van der Waals surface area contributed by atoms with E-state index in [1.807, 2.05) is 6.92 Å². The Kier molecular flexibility index (Phi) is 3.81. The molecule has 0 spiro atoms. The van der Waals surface area contributed by atoms with Crippen LogP contribution >= 0.6 is 0 Å². The summed E-state index contributed by atoms with van der Waals surface area (Å²) in [6.45, 7) is 2.53. The highest BCUT2D eigenvalue weighted by atomic mass is 16.1. The highest BCUT2D eigenvalue weighted by Crippen LogP contribution is 2.28. The maximum Gasteiger partial charge on any atom is 0.252 e. The molecule has 0 saturated heterocycles. The summed E-state index contributed by atoms with van der Waals surface area (Å²) in [4.78, 5) is 15.7. The molecule has 2 unspecified atom stereocenters. The van der Waals surface area contributed by atoms with Crippen molar-refractivity contribution in [2.75, 3.05) is 11.9 Å². The number of hydrogen-bond donors (Lipinski definition) is 3. The summed E-state index contributed by atoms with van der Waals surface area (Å²) in [5.74, 6) is 0.603. The van der Waals surface area contributed by atoms with Crippen molar-refractivity contribution in [1.82, 2.24) is 4.98 Å². The zero-order chi connectivity index (χ0) is 13.1. The van der Waals surface area contributed by atoms with Gasteiger partial charge >= 0.3 is 0 Å². The molecular formula is C13H20N4O. The van der Waals surface area contributed by atoms with Gasteiger partial charge in [0.25, 0.3) is 5.91 Å². The summed E-state index contributed by atoms with van der Waals surface area (Å²) in [5.41, 5.74) is 12.5. The maximum atomic E-state index is 11.5. The Morgan fingerprint density at radius 1 is 1.56 bits per heavy atom. The number of amides is 1. The van der Waals surface area contributed by atoms with Crippen LogP contribution in [0.3, 0.4) is 0 Å². The van der Waals surface area contributed by atoms with E-state index in [0.29, 0.717) is 29.9 Å². The molecule has 1 amide bonds. The lowest BCUT2D eigenvalue weighted by atomic mass is 10.0. The number of nitrogens with zero attached hydrogens (tertiary/aromatic N) is 1. The second-order valence-corrected chi connectivity index (χ2v) is 4.89. The summed E-state index contributed by atoms with van der Waals surface area (Å²) < 4.78 is 0. The number of aryl methyl sites for hydroxylation is 1. The van der Waals surface area contributed by atoms with Crippen molar-refractivity contribution in [3.05, 3.63) is 23.4 Å². The second-order valence-electron chi connectivity index (χ2n) is 4.89. The number of carbonyl (C=O) groups is 1. The minimum Gasteiger partial charge on any atom is -0.366 e. The van der Waals surface area contributed by atoms with E-state index in [9.17, 15) is 4.79 Å². The fourth-order valence-electron chi connectivity index (χ4n) is 2.66. The molecule has 5 heteroatoms. The third kappa shape index (κ3) is 2.46. The summed E-state index contributed by atoms with van der Waals surface area (Å²) in [5, 5.41) is 3.34. The Bertz CT molecular complexity index is 447. The molecule has 1 heterocycles. The van der Waals surface area contributed by atoms with E-state index < -0.39 is 5.91 Å². The Balaban J connectivity index is 2.23. The Morgan fingerprint density at radius 3 is 3.00 bits per heavy atom. The molecule has 5 N–H and O–H groups in total. The molecule has 2 rings (SSSR count). The summed E-state index contributed by atoms with van der Waals surface area (Å²) in [6, 6.07) is 2.09. The van der Waals surface area contributed by atoms with Gasteiger partial charge in [0.15, 0.2) is 0 Å². The zero-order valence-electron chi connectivity index (χ0n) is 10.6. The normalized spacial score (nSPS) is 23.0. The van der Waals surface area contributed by atoms with Gasteiger partial charge in [-0.15, -0.1) is 0 Å². The van der Waals surface area contributed by atoms with Gasteiger partial charge in [0.1, 0.15) is 5.82 Å². The molecule has 98 valence electrons. The van der Waals surface area contributed by atoms with Crippen LogP contribution in [0, 0.1) is 12.8 Å². The van der Waals surface area contributed by atoms with Crippen molar-refractivity contribution in [3.63, 3.8) is 0 Å². The first-order chi connectivity index (χ1) is 8.63. The summed E-state index contributed by atoms with van der Waals surface area (Å²) in [6.07, 6.45) is 5.05. The lowest BCUT2D eigenvalue weighted by Crippen LogP contribution is -2.31. The van der Waals surface area contributed by atoms with Crippen LogP contribution in [-0.2, 0) is 0 Å². The van der Waals surface area contributed by atoms with Crippen LogP contribution in [0.15, 0.2) is 12.3 Å². The molecular weight excluding hydrogens is 228 g/mol. The van der Waals surface area contributed by atoms with Gasteiger partial charge in [0.2, 0.25) is 0 Å². The van der Waals surface area contributed by atoms with E-state index in [-0.39, 0.29) is 0 Å². The third-order valence-electron chi connectivity index (χ3n) is 3.69. The first-order valence-electron chi connectivity index (χ1n) is 6.35. The van der Waals surface area contributed by atoms with E-state index in [1.54, 1.807) is 12.3 Å². The van der Waals surface area contributed by atoms with E-state index in [1.165, 1.54) is 0 Å². The number of nitrogens with one attached hydrogen (secondary N) is 1. The number of nitrogens with two attached hydrogens (primary N) is 2. The SMILES string of the molecule is Cc1ccnc(NC2CCCC2CN)c1C(N)=O. The molecule has 1 aliphatic carbocycles. The Hall–Kier alpha value is -1.62. The molecule has 18 heavy (non-hydrogen) atoms. The highest BCUT2D eigenvalue weighted by molar-refractivity contribution is 5.99. The van der Waals surface area contributed by atoms with Crippen molar-refractivity contribution in [2.45, 2.75) is 32.2 Å². The average Bonchev–Trinajstić information content (AvgIpc) is 2.76. The molecule has 2 atom stereocenters. The van der Waals surface area contributed by atoms with Crippen LogP contribution in [0.4, 0.5) is 5.82 Å². The molecule has 1 aromatic heterocycles. The molecule has 1 fully saturated rings. The third-order valence-corrected chi connectivity index (χ3v) is 3.69. The standard InChI is InChI=1S/C13H20N4O/c1-8-5-6-16-13(11(8)12(15)18)17-10-4-2-3-9(10)7-14/h5-6,9-10H,2-4,7,14H2,1H3,(H2,15,18)(H,16,17). The van der Waals surface area contributed by atoms with Gasteiger partial charge in [-0.2, -0.15) is 0 Å². The number of rotatable bonds is 4. The molecule has 0 bridgehead atoms. The van der Waals surface area contributed by atoms with Crippen LogP contribution < -0.4 is 16.8 Å². The number of aromatic nitrogens is 1. The van der Waals surface area contributed by atoms with Crippen LogP contribution in [-0.4, -0.2) is 23.5 Å². The summed E-state index contributed by atoms with van der Waals surface area (Å²) >= 11 is 0. The van der Waals surface area contributed by atoms with Gasteiger partial charge < -0.3 is 16.8 Å². The minimum absolute atomic E-state index is 0.294. The van der Waals surface area contributed by atoms with Gasteiger partial charge in [-0.1, -0.05) is 6.42 Å². The fraction of sp³-hybridized carbons (Fsp3) is 0.538. The fourth-order valence-corrected chi connectivity index (χ4v) is 2.66. The first-order valence-corrected chi connectivity index (χ1v) is 6.35. The largest absolute Gasteiger partial charge is 0.366 e. The van der Waals surface area contributed by atoms with Crippen molar-refractivity contribution in [1.29, 1.82) is 0 Å². The predicted molar refractivity (Wildman–Crippen MR) is 71.3 cm³/mol. The highest BCUT2D eigenvalue weighted by Gasteiger charge is 2.27. The van der Waals surface area contributed by atoms with Gasteiger partial charge in [-0.25, -0.2) is 4.98 Å². The van der Waals surface area contributed by atoms with E-state index in [4.69, 9.17) is 11.5 Å². The van der Waals surface area contributed by atoms with E-state index in [0.717, 1.165) is 24.8 Å². The second kappa shape index (κ2) is 5.35. The van der Waals surface area contributed by atoms with Crippen LogP contribution in [0.2, 0.25) is 0 Å². The predicted octanol–water partition coefficient (Wildman–Crippen LogP) is 1.03. The van der Waals surface area contributed by atoms with Gasteiger partial charge in [-0.05, 0) is 43.9 Å². The quantitative estimate of drug-likeness (QED) is 0.741. The molecule has 1 saturated carbocycles. The molecule has 0 aromatic carbocycles. The van der Waals surface area contributed by atoms with Crippen LogP contribution in [0.5, 0.6) is 0 Å². The lowest BCUT2D eigenvalue weighted by molar-refractivity contribution is 0.1000. The van der Waals surface area contributed by atoms with Gasteiger partial charge in [0.05, 0.1) is 5.56 Å². The first kappa shape index (κ1) is 12.8. The van der Waals surface area contributed by atoms with Gasteiger partial charge in [-0.3, -0.25) is 4.79 Å². The smallest absolute Gasteiger partial charge is 0.252 e. The Labute approximate surface area is 107 Å². The van der Waals surface area contributed by atoms with Crippen molar-refractivity contribution < 1.29 is 4.79 Å². The maximum absolute atomic E-state index is 11.5. The van der Waals surface area contributed by atoms with E-state index >= 15 is 0 Å². The van der Waals surface area contributed by atoms with E-state index in [2.05, 4.69) is 10.3 Å². The minimum atomic E-state index is -0.439. The summed E-state index contributed by atoms with van der Waals surface area (Å²) in [7, 11) is 0. The van der Waals surface area contributed by atoms with Crippen molar-refractivity contribution in [2.24, 2.45) is 17.4 Å². The van der Waals surface area contributed by atoms with Gasteiger partial charge in [0, 0.05) is 12.2 Å². The zero-order valence-corrected chi connectivity index (χ0v) is 10.6. The molecule has 0 radical (unpaired) electrons. The molecule has 1 aromatic rings. The molecule has 1 aliphatic rings. The molecule has 0 aliphatic heterocycles. The van der Waals surface area contributed by atoms with Crippen molar-refractivity contribution >= 4 is 11.7 Å². The Morgan fingerprint density at radius 2 is 2.33 bits per heavy atom. The number of pyridine rings is 1. The average molecular weight is 248 g/mol. The topological polar surface area (TPSA) is 94.0 Å². The number of carbonyl (C=O) groups excluding carboxylic acids is 1. The molecule has 5 nitrogen and oxygen atoms in total.